The van der Waals surface area contributed by atoms with Gasteiger partial charge in [-0.3, -0.25) is 9.47 Å². The van der Waals surface area contributed by atoms with Gasteiger partial charge >= 0.3 is 5.69 Å². The minimum absolute atomic E-state index is 0.0104. The molecule has 1 aromatic heterocycles. The molecule has 24 heavy (non-hydrogen) atoms. The molecule has 2 aliphatic heterocycles. The molecular weight excluding hydrogens is 324 g/mol. The molecule has 1 unspecified atom stereocenters. The van der Waals surface area contributed by atoms with Crippen molar-refractivity contribution in [3.63, 3.8) is 0 Å². The van der Waals surface area contributed by atoms with Crippen LogP contribution in [-0.2, 0) is 0 Å². The number of likely N-dealkylation sites (tertiary alicyclic amines) is 2. The zero-order valence-corrected chi connectivity index (χ0v) is 14.9. The van der Waals surface area contributed by atoms with Crippen molar-refractivity contribution in [1.82, 2.24) is 19.4 Å². The summed E-state index contributed by atoms with van der Waals surface area (Å²) in [4.78, 5) is 20.5. The normalized spacial score (nSPS) is 24.2. The predicted octanol–water partition coefficient (Wildman–Crippen LogP) is 2.71. The summed E-state index contributed by atoms with van der Waals surface area (Å²) in [6, 6.07) is 6.64. The van der Waals surface area contributed by atoms with E-state index < -0.39 is 0 Å². The summed E-state index contributed by atoms with van der Waals surface area (Å²) in [7, 11) is 0. The molecule has 2 fully saturated rings. The molecule has 2 aliphatic rings. The predicted molar refractivity (Wildman–Crippen MR) is 97.9 cm³/mol. The van der Waals surface area contributed by atoms with Crippen molar-refractivity contribution < 1.29 is 0 Å². The first-order valence-corrected chi connectivity index (χ1v) is 9.39. The lowest BCUT2D eigenvalue weighted by molar-refractivity contribution is 0.136. The number of hydrogen-bond acceptors (Lipinski definition) is 3. The zero-order chi connectivity index (χ0) is 16.7. The number of fused-ring (bicyclic) bond motifs is 1. The standard InChI is InChI=1S/C18H25ClN4O/c1-2-21-8-5-15(12-21)22-9-6-14(7-10-22)23-17-4-3-13(19)11-16(17)20-18(23)24/h3-4,11,14-15H,2,5-10,12H2,1H3,(H,20,24). The van der Waals surface area contributed by atoms with E-state index in [1.54, 1.807) is 0 Å². The number of aromatic amines is 1. The molecule has 0 saturated carbocycles. The summed E-state index contributed by atoms with van der Waals surface area (Å²) in [5.74, 6) is 0. The van der Waals surface area contributed by atoms with Gasteiger partial charge in [-0.2, -0.15) is 0 Å². The molecule has 0 spiro atoms. The van der Waals surface area contributed by atoms with Gasteiger partial charge in [0.1, 0.15) is 0 Å². The zero-order valence-electron chi connectivity index (χ0n) is 14.2. The number of rotatable bonds is 3. The van der Waals surface area contributed by atoms with E-state index in [1.165, 1.54) is 19.5 Å². The van der Waals surface area contributed by atoms with E-state index in [9.17, 15) is 4.79 Å². The van der Waals surface area contributed by atoms with Crippen LogP contribution < -0.4 is 5.69 Å². The number of hydrogen-bond donors (Lipinski definition) is 1. The number of H-pyrrole nitrogens is 1. The Hall–Kier alpha value is -1.30. The molecule has 0 amide bonds. The highest BCUT2D eigenvalue weighted by Crippen LogP contribution is 2.28. The number of aromatic nitrogens is 2. The van der Waals surface area contributed by atoms with Gasteiger partial charge in [-0.25, -0.2) is 4.79 Å². The maximum Gasteiger partial charge on any atom is 0.326 e. The number of halogens is 1. The second kappa shape index (κ2) is 6.54. The lowest BCUT2D eigenvalue weighted by atomic mass is 10.0. The number of imidazole rings is 1. The SMILES string of the molecule is CCN1CCC(N2CCC(n3c(=O)[nH]c4cc(Cl)ccc43)CC2)C1. The summed E-state index contributed by atoms with van der Waals surface area (Å²) in [5, 5.41) is 0.660. The van der Waals surface area contributed by atoms with E-state index in [1.807, 2.05) is 22.8 Å². The van der Waals surface area contributed by atoms with Crippen molar-refractivity contribution in [2.24, 2.45) is 0 Å². The number of piperidine rings is 1. The molecule has 1 aromatic carbocycles. The van der Waals surface area contributed by atoms with Crippen molar-refractivity contribution in [3.05, 3.63) is 33.7 Å². The summed E-state index contributed by atoms with van der Waals surface area (Å²) in [5.41, 5.74) is 1.80. The number of benzene rings is 1. The van der Waals surface area contributed by atoms with Crippen molar-refractivity contribution in [3.8, 4) is 0 Å². The molecule has 6 heteroatoms. The van der Waals surface area contributed by atoms with E-state index in [4.69, 9.17) is 11.6 Å². The maximum absolute atomic E-state index is 12.4. The van der Waals surface area contributed by atoms with E-state index in [2.05, 4.69) is 21.7 Å². The monoisotopic (exact) mass is 348 g/mol. The van der Waals surface area contributed by atoms with Gasteiger partial charge in [0, 0.05) is 36.7 Å². The van der Waals surface area contributed by atoms with Gasteiger partial charge in [0.05, 0.1) is 11.0 Å². The highest BCUT2D eigenvalue weighted by molar-refractivity contribution is 6.31. The topological polar surface area (TPSA) is 44.3 Å². The summed E-state index contributed by atoms with van der Waals surface area (Å²) in [6.45, 7) is 7.99. The highest BCUT2D eigenvalue weighted by Gasteiger charge is 2.31. The van der Waals surface area contributed by atoms with E-state index in [0.29, 0.717) is 11.1 Å². The molecule has 0 radical (unpaired) electrons. The van der Waals surface area contributed by atoms with Crippen LogP contribution in [-0.4, -0.2) is 58.1 Å². The molecule has 1 N–H and O–H groups in total. The Morgan fingerprint density at radius 3 is 2.62 bits per heavy atom. The van der Waals surface area contributed by atoms with Gasteiger partial charge in [-0.05, 0) is 50.6 Å². The van der Waals surface area contributed by atoms with Crippen LogP contribution in [0.15, 0.2) is 23.0 Å². The Kier molecular flexibility index (Phi) is 4.41. The largest absolute Gasteiger partial charge is 0.326 e. The third kappa shape index (κ3) is 2.89. The fourth-order valence-corrected chi connectivity index (χ4v) is 4.54. The van der Waals surface area contributed by atoms with Crippen molar-refractivity contribution in [2.45, 2.75) is 38.3 Å². The summed E-state index contributed by atoms with van der Waals surface area (Å²) < 4.78 is 1.94. The Labute approximate surface area is 147 Å². The van der Waals surface area contributed by atoms with Crippen LogP contribution in [0.1, 0.15) is 32.2 Å². The fourth-order valence-electron chi connectivity index (χ4n) is 4.37. The molecule has 0 aliphatic carbocycles. The van der Waals surface area contributed by atoms with Crippen LogP contribution in [0.5, 0.6) is 0 Å². The van der Waals surface area contributed by atoms with Crippen molar-refractivity contribution in [2.75, 3.05) is 32.7 Å². The molecular formula is C18H25ClN4O. The number of likely N-dealkylation sites (N-methyl/N-ethyl adjacent to an activating group) is 1. The second-order valence-electron chi connectivity index (χ2n) is 7.06. The first-order valence-electron chi connectivity index (χ1n) is 9.02. The quantitative estimate of drug-likeness (QED) is 0.927. The first-order chi connectivity index (χ1) is 11.7. The van der Waals surface area contributed by atoms with Crippen LogP contribution in [0.4, 0.5) is 0 Å². The molecule has 3 heterocycles. The minimum atomic E-state index is -0.0104. The Balaban J connectivity index is 1.48. The number of nitrogens with one attached hydrogen (secondary N) is 1. The Morgan fingerprint density at radius 1 is 1.17 bits per heavy atom. The molecule has 130 valence electrons. The van der Waals surface area contributed by atoms with Gasteiger partial charge in [0.25, 0.3) is 0 Å². The second-order valence-corrected chi connectivity index (χ2v) is 7.50. The van der Waals surface area contributed by atoms with E-state index >= 15 is 0 Å². The highest BCUT2D eigenvalue weighted by atomic mass is 35.5. The Morgan fingerprint density at radius 2 is 1.92 bits per heavy atom. The minimum Gasteiger partial charge on any atom is -0.305 e. The first kappa shape index (κ1) is 16.2. The van der Waals surface area contributed by atoms with Crippen molar-refractivity contribution in [1.29, 1.82) is 0 Å². The molecule has 4 rings (SSSR count). The molecule has 0 bridgehead atoms. The molecule has 2 aromatic rings. The third-order valence-electron chi connectivity index (χ3n) is 5.75. The van der Waals surface area contributed by atoms with E-state index in [0.717, 1.165) is 43.5 Å². The summed E-state index contributed by atoms with van der Waals surface area (Å²) >= 11 is 6.04. The van der Waals surface area contributed by atoms with Gasteiger partial charge in [0.2, 0.25) is 0 Å². The van der Waals surface area contributed by atoms with Gasteiger partial charge in [0.15, 0.2) is 0 Å². The van der Waals surface area contributed by atoms with Crippen molar-refractivity contribution >= 4 is 22.6 Å². The maximum atomic E-state index is 12.4. The van der Waals surface area contributed by atoms with Crippen LogP contribution in [0.25, 0.3) is 11.0 Å². The summed E-state index contributed by atoms with van der Waals surface area (Å²) in [6.07, 6.45) is 3.36. The molecule has 2 saturated heterocycles. The Bertz CT molecular complexity index is 775. The van der Waals surface area contributed by atoms with Crippen LogP contribution in [0, 0.1) is 0 Å². The van der Waals surface area contributed by atoms with Gasteiger partial charge < -0.3 is 9.88 Å². The smallest absolute Gasteiger partial charge is 0.305 e. The van der Waals surface area contributed by atoms with E-state index in [-0.39, 0.29) is 11.7 Å². The fraction of sp³-hybridized carbons (Fsp3) is 0.611. The molecule has 1 atom stereocenters. The molecule has 5 nitrogen and oxygen atoms in total. The number of nitrogens with zero attached hydrogens (tertiary/aromatic N) is 3. The van der Waals surface area contributed by atoms with Crippen LogP contribution in [0.3, 0.4) is 0 Å². The third-order valence-corrected chi connectivity index (χ3v) is 5.99. The van der Waals surface area contributed by atoms with Crippen LogP contribution in [0.2, 0.25) is 5.02 Å². The van der Waals surface area contributed by atoms with Gasteiger partial charge in [-0.1, -0.05) is 18.5 Å². The average molecular weight is 349 g/mol. The van der Waals surface area contributed by atoms with Crippen LogP contribution >= 0.6 is 11.6 Å². The van der Waals surface area contributed by atoms with Gasteiger partial charge in [-0.15, -0.1) is 0 Å². The average Bonchev–Trinajstić information content (AvgIpc) is 3.18. The lowest BCUT2D eigenvalue weighted by Gasteiger charge is -2.36. The lowest BCUT2D eigenvalue weighted by Crippen LogP contribution is -2.44.